The summed E-state index contributed by atoms with van der Waals surface area (Å²) in [5.74, 6) is -0.720. The summed E-state index contributed by atoms with van der Waals surface area (Å²) in [6.07, 6.45) is 3.02. The number of halogens is 1. The third-order valence-electron chi connectivity index (χ3n) is 2.61. The number of carbonyl (C=O) groups is 2. The third-order valence-corrected chi connectivity index (χ3v) is 2.85. The van der Waals surface area contributed by atoms with Crippen LogP contribution in [-0.2, 0) is 4.79 Å². The van der Waals surface area contributed by atoms with Crippen LogP contribution in [0.5, 0.6) is 0 Å². The number of pyridine rings is 1. The van der Waals surface area contributed by atoms with E-state index in [4.69, 9.17) is 17.3 Å². The lowest BCUT2D eigenvalue weighted by molar-refractivity contribution is -0.114. The van der Waals surface area contributed by atoms with Gasteiger partial charge in [-0.05, 0) is 30.3 Å². The van der Waals surface area contributed by atoms with E-state index < -0.39 is 0 Å². The maximum atomic E-state index is 12.1. The highest BCUT2D eigenvalue weighted by Crippen LogP contribution is 2.26. The van der Waals surface area contributed by atoms with Crippen LogP contribution in [-0.4, -0.2) is 23.3 Å². The van der Waals surface area contributed by atoms with Crippen LogP contribution in [0.3, 0.4) is 0 Å². The summed E-state index contributed by atoms with van der Waals surface area (Å²) < 4.78 is 0. The molecule has 0 bridgehead atoms. The predicted molar refractivity (Wildman–Crippen MR) is 81.3 cm³/mol. The molecule has 0 aliphatic carbocycles. The van der Waals surface area contributed by atoms with E-state index in [1.165, 1.54) is 12.3 Å². The first-order valence-electron chi connectivity index (χ1n) is 6.11. The van der Waals surface area contributed by atoms with Gasteiger partial charge in [-0.15, -0.1) is 0 Å². The number of hydrogen-bond donors (Lipinski definition) is 3. The lowest BCUT2D eigenvalue weighted by Crippen LogP contribution is -2.23. The van der Waals surface area contributed by atoms with Crippen molar-refractivity contribution in [3.05, 3.63) is 53.3 Å². The van der Waals surface area contributed by atoms with Gasteiger partial charge in [0.25, 0.3) is 5.91 Å². The second-order valence-electron chi connectivity index (χ2n) is 4.14. The Labute approximate surface area is 126 Å². The first-order chi connectivity index (χ1) is 10.1. The van der Waals surface area contributed by atoms with Crippen molar-refractivity contribution in [1.82, 2.24) is 4.98 Å². The molecule has 6 nitrogen and oxygen atoms in total. The predicted octanol–water partition coefficient (Wildman–Crippen LogP) is 1.88. The Morgan fingerprint density at radius 1 is 1.19 bits per heavy atom. The Kier molecular flexibility index (Phi) is 4.86. The molecule has 0 fully saturated rings. The van der Waals surface area contributed by atoms with Crippen LogP contribution in [0.25, 0.3) is 0 Å². The summed E-state index contributed by atoms with van der Waals surface area (Å²) in [7, 11) is 0. The molecule has 1 aromatic carbocycles. The number of rotatable bonds is 4. The molecule has 0 spiro atoms. The maximum Gasteiger partial charge on any atom is 0.257 e. The van der Waals surface area contributed by atoms with Crippen LogP contribution in [0, 0.1) is 0 Å². The summed E-state index contributed by atoms with van der Waals surface area (Å²) in [5.41, 5.74) is 6.48. The molecule has 7 heteroatoms. The summed E-state index contributed by atoms with van der Waals surface area (Å²) in [4.78, 5) is 27.4. The number of carbonyl (C=O) groups excluding carboxylic acids is 2. The van der Waals surface area contributed by atoms with E-state index in [0.29, 0.717) is 22.0 Å². The standard InChI is InChI=1S/C14H13ClN4O2/c15-10-3-4-11(12(6-10)18-13(20)7-16)19-14(21)9-2-1-5-17-8-9/h1-6,8H,7,16H2,(H,18,20)(H,19,21). The Morgan fingerprint density at radius 3 is 2.67 bits per heavy atom. The molecular formula is C14H13ClN4O2. The fourth-order valence-electron chi connectivity index (χ4n) is 1.62. The molecule has 0 radical (unpaired) electrons. The Morgan fingerprint density at radius 2 is 2.00 bits per heavy atom. The number of hydrogen-bond acceptors (Lipinski definition) is 4. The molecule has 2 amide bonds. The van der Waals surface area contributed by atoms with Gasteiger partial charge in [0, 0.05) is 17.4 Å². The topological polar surface area (TPSA) is 97.1 Å². The van der Waals surface area contributed by atoms with Crippen LogP contribution in [0.15, 0.2) is 42.7 Å². The largest absolute Gasteiger partial charge is 0.323 e. The smallest absolute Gasteiger partial charge is 0.257 e. The molecule has 21 heavy (non-hydrogen) atoms. The highest BCUT2D eigenvalue weighted by molar-refractivity contribution is 6.31. The normalized spacial score (nSPS) is 10.0. The lowest BCUT2D eigenvalue weighted by Gasteiger charge is -2.12. The fourth-order valence-corrected chi connectivity index (χ4v) is 1.79. The van der Waals surface area contributed by atoms with Gasteiger partial charge in [-0.2, -0.15) is 0 Å². The van der Waals surface area contributed by atoms with Crippen molar-refractivity contribution >= 4 is 34.8 Å². The van der Waals surface area contributed by atoms with E-state index in [0.717, 1.165) is 0 Å². The SMILES string of the molecule is NCC(=O)Nc1cc(Cl)ccc1NC(=O)c1cccnc1. The summed E-state index contributed by atoms with van der Waals surface area (Å²) >= 11 is 5.89. The van der Waals surface area contributed by atoms with Crippen molar-refractivity contribution < 1.29 is 9.59 Å². The molecule has 2 aromatic rings. The first-order valence-corrected chi connectivity index (χ1v) is 6.49. The average molecular weight is 305 g/mol. The number of nitrogens with two attached hydrogens (primary N) is 1. The van der Waals surface area contributed by atoms with Crippen LogP contribution in [0.2, 0.25) is 5.02 Å². The van der Waals surface area contributed by atoms with Gasteiger partial charge >= 0.3 is 0 Å². The minimum Gasteiger partial charge on any atom is -0.323 e. The zero-order valence-electron chi connectivity index (χ0n) is 11.0. The highest BCUT2D eigenvalue weighted by atomic mass is 35.5. The third kappa shape index (κ3) is 4.01. The molecule has 1 aromatic heterocycles. The average Bonchev–Trinajstić information content (AvgIpc) is 2.50. The fraction of sp³-hybridized carbons (Fsp3) is 0.0714. The zero-order valence-corrected chi connectivity index (χ0v) is 11.7. The van der Waals surface area contributed by atoms with Gasteiger partial charge in [0.15, 0.2) is 0 Å². The van der Waals surface area contributed by atoms with Gasteiger partial charge in [-0.3, -0.25) is 14.6 Å². The molecule has 0 unspecified atom stereocenters. The van der Waals surface area contributed by atoms with Gasteiger partial charge in [-0.1, -0.05) is 11.6 Å². The second-order valence-corrected chi connectivity index (χ2v) is 4.57. The molecule has 4 N–H and O–H groups in total. The van der Waals surface area contributed by atoms with E-state index in [2.05, 4.69) is 15.6 Å². The molecule has 2 rings (SSSR count). The molecule has 0 aliphatic rings. The van der Waals surface area contributed by atoms with Gasteiger partial charge in [0.2, 0.25) is 5.91 Å². The maximum absolute atomic E-state index is 12.1. The van der Waals surface area contributed by atoms with Gasteiger partial charge in [0.1, 0.15) is 0 Å². The number of aromatic nitrogens is 1. The minimum atomic E-state index is -0.380. The summed E-state index contributed by atoms with van der Waals surface area (Å²) in [5, 5.41) is 5.70. The molecule has 108 valence electrons. The van der Waals surface area contributed by atoms with Crippen molar-refractivity contribution in [1.29, 1.82) is 0 Å². The van der Waals surface area contributed by atoms with Gasteiger partial charge < -0.3 is 16.4 Å². The van der Waals surface area contributed by atoms with Crippen molar-refractivity contribution in [3.8, 4) is 0 Å². The van der Waals surface area contributed by atoms with Gasteiger partial charge in [0.05, 0.1) is 23.5 Å². The van der Waals surface area contributed by atoms with Crippen molar-refractivity contribution in [3.63, 3.8) is 0 Å². The number of nitrogens with zero attached hydrogens (tertiary/aromatic N) is 1. The van der Waals surface area contributed by atoms with Crippen molar-refractivity contribution in [2.45, 2.75) is 0 Å². The quantitative estimate of drug-likeness (QED) is 0.803. The minimum absolute atomic E-state index is 0.164. The number of nitrogens with one attached hydrogen (secondary N) is 2. The van der Waals surface area contributed by atoms with Crippen LogP contribution in [0.1, 0.15) is 10.4 Å². The van der Waals surface area contributed by atoms with Gasteiger partial charge in [-0.25, -0.2) is 0 Å². The van der Waals surface area contributed by atoms with Crippen LogP contribution >= 0.6 is 11.6 Å². The highest BCUT2D eigenvalue weighted by Gasteiger charge is 2.11. The molecular weight excluding hydrogens is 292 g/mol. The van der Waals surface area contributed by atoms with Crippen molar-refractivity contribution in [2.24, 2.45) is 5.73 Å². The Hall–Kier alpha value is -2.44. The number of anilines is 2. The number of benzene rings is 1. The zero-order chi connectivity index (χ0) is 15.2. The molecule has 0 atom stereocenters. The molecule has 0 saturated heterocycles. The monoisotopic (exact) mass is 304 g/mol. The van der Waals surface area contributed by atoms with E-state index in [9.17, 15) is 9.59 Å². The van der Waals surface area contributed by atoms with E-state index >= 15 is 0 Å². The second kappa shape index (κ2) is 6.83. The summed E-state index contributed by atoms with van der Waals surface area (Å²) in [6.45, 7) is -0.164. The van der Waals surface area contributed by atoms with Crippen molar-refractivity contribution in [2.75, 3.05) is 17.2 Å². The lowest BCUT2D eigenvalue weighted by atomic mass is 10.2. The Bertz CT molecular complexity index is 661. The molecule has 1 heterocycles. The Balaban J connectivity index is 2.23. The van der Waals surface area contributed by atoms with E-state index in [1.807, 2.05) is 0 Å². The first kappa shape index (κ1) is 15.0. The summed E-state index contributed by atoms with van der Waals surface area (Å²) in [6, 6.07) is 8.04. The molecule has 0 aliphatic heterocycles. The van der Waals surface area contributed by atoms with Crippen LogP contribution in [0.4, 0.5) is 11.4 Å². The van der Waals surface area contributed by atoms with E-state index in [-0.39, 0.29) is 18.4 Å². The molecule has 0 saturated carbocycles. The van der Waals surface area contributed by atoms with Crippen LogP contribution < -0.4 is 16.4 Å². The number of amides is 2. The van der Waals surface area contributed by atoms with E-state index in [1.54, 1.807) is 30.5 Å².